The van der Waals surface area contributed by atoms with Gasteiger partial charge >= 0.3 is 11.9 Å². The zero-order valence-corrected chi connectivity index (χ0v) is 14.2. The van der Waals surface area contributed by atoms with Crippen LogP contribution in [0, 0.1) is 0 Å². The molecule has 1 aromatic carbocycles. The fourth-order valence-electron chi connectivity index (χ4n) is 2.15. The molecule has 0 saturated carbocycles. The van der Waals surface area contributed by atoms with Gasteiger partial charge in [0.15, 0.2) is 0 Å². The van der Waals surface area contributed by atoms with Crippen molar-refractivity contribution >= 4 is 23.9 Å². The monoisotopic (exact) mass is 333 g/mol. The van der Waals surface area contributed by atoms with Gasteiger partial charge in [0.25, 0.3) is 0 Å². The zero-order chi connectivity index (χ0) is 18.0. The van der Waals surface area contributed by atoms with E-state index < -0.39 is 23.4 Å². The number of ether oxygens (including phenoxy) is 2. The van der Waals surface area contributed by atoms with Crippen molar-refractivity contribution in [3.63, 3.8) is 0 Å². The molecule has 0 aliphatic heterocycles. The van der Waals surface area contributed by atoms with Crippen molar-refractivity contribution in [2.45, 2.75) is 32.7 Å². The number of carbonyl (C=O) groups excluding carboxylic acids is 3. The highest BCUT2D eigenvalue weighted by molar-refractivity contribution is 6.08. The Labute approximate surface area is 141 Å². The second-order valence-corrected chi connectivity index (χ2v) is 5.04. The molecule has 1 rings (SSSR count). The molecular weight excluding hydrogens is 310 g/mol. The fourth-order valence-corrected chi connectivity index (χ4v) is 2.15. The largest absolute Gasteiger partial charge is 0.464 e. The zero-order valence-electron chi connectivity index (χ0n) is 14.2. The van der Waals surface area contributed by atoms with E-state index in [4.69, 9.17) is 9.47 Å². The lowest BCUT2D eigenvalue weighted by molar-refractivity contribution is -0.167. The highest BCUT2D eigenvalue weighted by Gasteiger charge is 2.49. The molecule has 0 saturated heterocycles. The van der Waals surface area contributed by atoms with Crippen molar-refractivity contribution in [3.05, 3.63) is 42.0 Å². The molecule has 0 aromatic heterocycles. The van der Waals surface area contributed by atoms with Crippen LogP contribution in [0.3, 0.4) is 0 Å². The van der Waals surface area contributed by atoms with E-state index in [2.05, 4.69) is 5.32 Å². The van der Waals surface area contributed by atoms with Gasteiger partial charge in [-0.1, -0.05) is 42.5 Å². The lowest BCUT2D eigenvalue weighted by Crippen LogP contribution is -2.60. The Morgan fingerprint density at radius 2 is 1.58 bits per heavy atom. The van der Waals surface area contributed by atoms with Crippen molar-refractivity contribution in [2.24, 2.45) is 0 Å². The summed E-state index contributed by atoms with van der Waals surface area (Å²) in [4.78, 5) is 36.3. The molecule has 0 aliphatic carbocycles. The van der Waals surface area contributed by atoms with E-state index in [0.717, 1.165) is 5.56 Å². The Morgan fingerprint density at radius 3 is 2.04 bits per heavy atom. The van der Waals surface area contributed by atoms with Crippen LogP contribution in [0.4, 0.5) is 0 Å². The van der Waals surface area contributed by atoms with Crippen LogP contribution < -0.4 is 5.32 Å². The average molecular weight is 333 g/mol. The fraction of sp³-hybridized carbons (Fsp3) is 0.389. The summed E-state index contributed by atoms with van der Waals surface area (Å²) < 4.78 is 9.98. The number of carbonyl (C=O) groups is 3. The second kappa shape index (κ2) is 9.50. The first-order chi connectivity index (χ1) is 11.5. The molecule has 0 aliphatic rings. The standard InChI is InChI=1S/C18H23NO5/c1-4-23-16(21)18(19-14(3)20,17(22)24-5-2)13-9-12-15-10-7-6-8-11-15/h6-12H,4-5,13H2,1-3H3,(H,19,20)/b12-9+. The van der Waals surface area contributed by atoms with E-state index in [1.165, 1.54) is 6.92 Å². The van der Waals surface area contributed by atoms with Gasteiger partial charge in [-0.15, -0.1) is 0 Å². The van der Waals surface area contributed by atoms with Gasteiger partial charge in [-0.25, -0.2) is 9.59 Å². The number of esters is 2. The minimum atomic E-state index is -1.89. The summed E-state index contributed by atoms with van der Waals surface area (Å²) in [5, 5.41) is 2.41. The van der Waals surface area contributed by atoms with Gasteiger partial charge in [0.2, 0.25) is 11.4 Å². The lowest BCUT2D eigenvalue weighted by atomic mass is 9.94. The third-order valence-corrected chi connectivity index (χ3v) is 3.17. The number of amides is 1. The van der Waals surface area contributed by atoms with Crippen molar-refractivity contribution in [2.75, 3.05) is 13.2 Å². The van der Waals surface area contributed by atoms with Crippen LogP contribution in [0.15, 0.2) is 36.4 Å². The van der Waals surface area contributed by atoms with Crippen molar-refractivity contribution in [1.29, 1.82) is 0 Å². The predicted octanol–water partition coefficient (Wildman–Crippen LogP) is 2.09. The molecule has 0 spiro atoms. The quantitative estimate of drug-likeness (QED) is 0.582. The molecule has 1 aromatic rings. The Hall–Kier alpha value is -2.63. The highest BCUT2D eigenvalue weighted by Crippen LogP contribution is 2.18. The first kappa shape index (κ1) is 19.4. The van der Waals surface area contributed by atoms with Crippen LogP contribution in [0.2, 0.25) is 0 Å². The minimum absolute atomic E-state index is 0.0703. The first-order valence-corrected chi connectivity index (χ1v) is 7.81. The van der Waals surface area contributed by atoms with Gasteiger partial charge < -0.3 is 14.8 Å². The van der Waals surface area contributed by atoms with Gasteiger partial charge in [0.05, 0.1) is 13.2 Å². The number of hydrogen-bond acceptors (Lipinski definition) is 5. The topological polar surface area (TPSA) is 81.7 Å². The Balaban J connectivity index is 3.12. The van der Waals surface area contributed by atoms with Gasteiger partial charge in [0, 0.05) is 13.3 Å². The van der Waals surface area contributed by atoms with Crippen molar-refractivity contribution in [3.8, 4) is 0 Å². The Kier molecular flexibility index (Phi) is 7.68. The van der Waals surface area contributed by atoms with E-state index in [9.17, 15) is 14.4 Å². The summed E-state index contributed by atoms with van der Waals surface area (Å²) in [6.45, 7) is 4.65. The molecule has 0 bridgehead atoms. The molecule has 0 unspecified atom stereocenters. The van der Waals surface area contributed by atoms with Gasteiger partial charge in [-0.2, -0.15) is 0 Å². The maximum absolute atomic E-state index is 12.4. The Bertz CT molecular complexity index is 577. The van der Waals surface area contributed by atoms with E-state index in [-0.39, 0.29) is 19.6 Å². The highest BCUT2D eigenvalue weighted by atomic mass is 16.6. The molecule has 0 atom stereocenters. The number of hydrogen-bond donors (Lipinski definition) is 1. The molecule has 24 heavy (non-hydrogen) atoms. The lowest BCUT2D eigenvalue weighted by Gasteiger charge is -2.28. The minimum Gasteiger partial charge on any atom is -0.464 e. The normalized spacial score (nSPS) is 11.1. The van der Waals surface area contributed by atoms with Crippen molar-refractivity contribution in [1.82, 2.24) is 5.32 Å². The summed E-state index contributed by atoms with van der Waals surface area (Å²) in [6, 6.07) is 9.39. The number of rotatable bonds is 8. The van der Waals surface area contributed by atoms with Crippen LogP contribution in [0.25, 0.3) is 6.08 Å². The summed E-state index contributed by atoms with van der Waals surface area (Å²) in [6.07, 6.45) is 3.33. The molecule has 0 fully saturated rings. The van der Waals surface area contributed by atoms with Gasteiger partial charge in [0.1, 0.15) is 0 Å². The molecule has 1 amide bonds. The second-order valence-electron chi connectivity index (χ2n) is 5.04. The summed E-state index contributed by atoms with van der Waals surface area (Å²) in [7, 11) is 0. The van der Waals surface area contributed by atoms with E-state index in [1.54, 1.807) is 26.0 Å². The van der Waals surface area contributed by atoms with Crippen LogP contribution >= 0.6 is 0 Å². The maximum atomic E-state index is 12.4. The third-order valence-electron chi connectivity index (χ3n) is 3.17. The van der Waals surface area contributed by atoms with E-state index in [0.29, 0.717) is 0 Å². The smallest absolute Gasteiger partial charge is 0.344 e. The Morgan fingerprint density at radius 1 is 1.04 bits per heavy atom. The molecular formula is C18H23NO5. The van der Waals surface area contributed by atoms with Crippen molar-refractivity contribution < 1.29 is 23.9 Å². The molecule has 0 radical (unpaired) electrons. The predicted molar refractivity (Wildman–Crippen MR) is 89.9 cm³/mol. The summed E-state index contributed by atoms with van der Waals surface area (Å²) >= 11 is 0. The SMILES string of the molecule is CCOC(=O)C(C/C=C/c1ccccc1)(NC(C)=O)C(=O)OCC. The number of nitrogens with one attached hydrogen (secondary N) is 1. The molecule has 6 nitrogen and oxygen atoms in total. The van der Waals surface area contributed by atoms with Gasteiger partial charge in [-0.05, 0) is 19.4 Å². The average Bonchev–Trinajstić information content (AvgIpc) is 2.54. The molecule has 0 heterocycles. The van der Waals surface area contributed by atoms with Crippen LogP contribution in [0.1, 0.15) is 32.8 Å². The summed E-state index contributed by atoms with van der Waals surface area (Å²) in [5.41, 5.74) is -0.981. The van der Waals surface area contributed by atoms with Crippen LogP contribution in [-0.4, -0.2) is 36.6 Å². The first-order valence-electron chi connectivity index (χ1n) is 7.81. The summed E-state index contributed by atoms with van der Waals surface area (Å²) in [5.74, 6) is -2.20. The molecule has 1 N–H and O–H groups in total. The molecule has 6 heteroatoms. The molecule has 130 valence electrons. The number of benzene rings is 1. The van der Waals surface area contributed by atoms with E-state index >= 15 is 0 Å². The van der Waals surface area contributed by atoms with Crippen LogP contribution in [0.5, 0.6) is 0 Å². The van der Waals surface area contributed by atoms with E-state index in [1.807, 2.05) is 30.3 Å². The third kappa shape index (κ3) is 5.22. The maximum Gasteiger partial charge on any atom is 0.344 e. The van der Waals surface area contributed by atoms with Gasteiger partial charge in [-0.3, -0.25) is 4.79 Å². The van der Waals surface area contributed by atoms with Crippen LogP contribution in [-0.2, 0) is 23.9 Å².